The normalized spacial score (nSPS) is 14.1. The number of ether oxygens (including phenoxy) is 3. The van der Waals surface area contributed by atoms with Crippen LogP contribution in [0.25, 0.3) is 5.69 Å². The minimum absolute atomic E-state index is 0.0298. The quantitative estimate of drug-likeness (QED) is 0.433. The van der Waals surface area contributed by atoms with Crippen LogP contribution in [0.5, 0.6) is 17.4 Å². The third kappa shape index (κ3) is 5.47. The van der Waals surface area contributed by atoms with Crippen LogP contribution in [0.3, 0.4) is 0 Å². The Morgan fingerprint density at radius 2 is 2.00 bits per heavy atom. The SMILES string of the molecule is COc1ccc(F)c(-n2nnc(COc3cccc([C@@H](CC(=O)O)C4CC4)c3)c2OC(C)C)c1. The minimum Gasteiger partial charge on any atom is -0.497 e. The number of benzene rings is 2. The van der Waals surface area contributed by atoms with Crippen molar-refractivity contribution < 1.29 is 28.5 Å². The first-order valence-corrected chi connectivity index (χ1v) is 11.3. The zero-order valence-electron chi connectivity index (χ0n) is 19.4. The van der Waals surface area contributed by atoms with Gasteiger partial charge in [-0.2, -0.15) is 4.68 Å². The van der Waals surface area contributed by atoms with E-state index < -0.39 is 11.8 Å². The minimum atomic E-state index is -0.805. The number of methoxy groups -OCH3 is 1. The van der Waals surface area contributed by atoms with Gasteiger partial charge < -0.3 is 19.3 Å². The van der Waals surface area contributed by atoms with Crippen molar-refractivity contribution in [1.82, 2.24) is 15.0 Å². The molecule has 1 saturated carbocycles. The Hall–Kier alpha value is -3.62. The fraction of sp³-hybridized carbons (Fsp3) is 0.400. The lowest BCUT2D eigenvalue weighted by Gasteiger charge is -2.16. The van der Waals surface area contributed by atoms with Crippen LogP contribution in [0.15, 0.2) is 42.5 Å². The number of halogens is 1. The van der Waals surface area contributed by atoms with E-state index in [9.17, 15) is 14.3 Å². The lowest BCUT2D eigenvalue weighted by molar-refractivity contribution is -0.137. The maximum atomic E-state index is 14.6. The molecular weight excluding hydrogens is 441 g/mol. The highest BCUT2D eigenvalue weighted by atomic mass is 19.1. The summed E-state index contributed by atoms with van der Waals surface area (Å²) in [6, 6.07) is 11.8. The highest BCUT2D eigenvalue weighted by Crippen LogP contribution is 2.45. The van der Waals surface area contributed by atoms with E-state index in [0.29, 0.717) is 23.1 Å². The Labute approximate surface area is 197 Å². The van der Waals surface area contributed by atoms with Crippen molar-refractivity contribution >= 4 is 5.97 Å². The van der Waals surface area contributed by atoms with Crippen LogP contribution in [0, 0.1) is 11.7 Å². The lowest BCUT2D eigenvalue weighted by Crippen LogP contribution is -2.13. The van der Waals surface area contributed by atoms with Crippen molar-refractivity contribution in [2.75, 3.05) is 7.11 Å². The second kappa shape index (κ2) is 10.1. The number of carboxylic acid groups (broad SMARTS) is 1. The van der Waals surface area contributed by atoms with Gasteiger partial charge in [-0.15, -0.1) is 5.10 Å². The third-order valence-electron chi connectivity index (χ3n) is 5.67. The molecule has 0 bridgehead atoms. The molecule has 3 aromatic rings. The van der Waals surface area contributed by atoms with E-state index in [-0.39, 0.29) is 36.6 Å². The van der Waals surface area contributed by atoms with Crippen molar-refractivity contribution in [1.29, 1.82) is 0 Å². The van der Waals surface area contributed by atoms with Gasteiger partial charge in [-0.05, 0) is 68.4 Å². The molecule has 34 heavy (non-hydrogen) atoms. The smallest absolute Gasteiger partial charge is 0.303 e. The number of carboxylic acids is 1. The lowest BCUT2D eigenvalue weighted by atomic mass is 9.91. The molecule has 1 atom stereocenters. The molecule has 0 saturated heterocycles. The predicted molar refractivity (Wildman–Crippen MR) is 122 cm³/mol. The first-order valence-electron chi connectivity index (χ1n) is 11.3. The Morgan fingerprint density at radius 3 is 2.68 bits per heavy atom. The van der Waals surface area contributed by atoms with E-state index in [2.05, 4.69) is 10.3 Å². The molecule has 180 valence electrons. The molecule has 0 amide bonds. The summed E-state index contributed by atoms with van der Waals surface area (Å²) in [5, 5.41) is 17.6. The Bertz CT molecular complexity index is 1160. The summed E-state index contributed by atoms with van der Waals surface area (Å²) in [7, 11) is 1.50. The van der Waals surface area contributed by atoms with Gasteiger partial charge in [0.2, 0.25) is 5.88 Å². The zero-order valence-corrected chi connectivity index (χ0v) is 19.4. The van der Waals surface area contributed by atoms with Crippen molar-refractivity contribution in [3.63, 3.8) is 0 Å². The summed E-state index contributed by atoms with van der Waals surface area (Å²) >= 11 is 0. The van der Waals surface area contributed by atoms with Gasteiger partial charge in [-0.3, -0.25) is 4.79 Å². The van der Waals surface area contributed by atoms with Gasteiger partial charge in [0, 0.05) is 6.07 Å². The molecule has 9 heteroatoms. The second-order valence-electron chi connectivity index (χ2n) is 8.64. The molecule has 0 radical (unpaired) electrons. The summed E-state index contributed by atoms with van der Waals surface area (Å²) in [6.45, 7) is 3.76. The van der Waals surface area contributed by atoms with Crippen molar-refractivity contribution in [2.24, 2.45) is 5.92 Å². The standard InChI is InChI=1S/C25H28FN3O5/c1-15(2)34-25-22(27-28-29(25)23-12-18(32-3)9-10-21(23)26)14-33-19-6-4-5-17(11-19)20(13-24(30)31)16-7-8-16/h4-6,9-12,15-16,20H,7-8,13-14H2,1-3H3,(H,30,31)/t20-/m0/s1. The fourth-order valence-corrected chi connectivity index (χ4v) is 3.91. The summed E-state index contributed by atoms with van der Waals surface area (Å²) in [6.07, 6.45) is 1.98. The van der Waals surface area contributed by atoms with Crippen LogP contribution in [0.4, 0.5) is 4.39 Å². The van der Waals surface area contributed by atoms with Crippen LogP contribution in [-0.2, 0) is 11.4 Å². The number of rotatable bonds is 11. The fourth-order valence-electron chi connectivity index (χ4n) is 3.91. The number of hydrogen-bond acceptors (Lipinski definition) is 6. The van der Waals surface area contributed by atoms with E-state index in [0.717, 1.165) is 18.4 Å². The average Bonchev–Trinajstić information content (AvgIpc) is 3.58. The van der Waals surface area contributed by atoms with E-state index in [1.807, 2.05) is 38.1 Å². The second-order valence-corrected chi connectivity index (χ2v) is 8.64. The van der Waals surface area contributed by atoms with Crippen molar-refractivity contribution in [2.45, 2.75) is 51.7 Å². The number of aromatic nitrogens is 3. The summed E-state index contributed by atoms with van der Waals surface area (Å²) in [4.78, 5) is 11.3. The molecule has 2 aromatic carbocycles. The van der Waals surface area contributed by atoms with Crippen LogP contribution in [-0.4, -0.2) is 39.3 Å². The number of carbonyl (C=O) groups is 1. The molecule has 8 nitrogen and oxygen atoms in total. The molecule has 1 aliphatic rings. The first-order chi connectivity index (χ1) is 16.4. The summed E-state index contributed by atoms with van der Waals surface area (Å²) in [5.74, 6) is 0.409. The highest BCUT2D eigenvalue weighted by molar-refractivity contribution is 5.68. The van der Waals surface area contributed by atoms with Gasteiger partial charge >= 0.3 is 5.97 Å². The maximum absolute atomic E-state index is 14.6. The topological polar surface area (TPSA) is 95.7 Å². The number of nitrogens with zero attached hydrogens (tertiary/aromatic N) is 3. The predicted octanol–water partition coefficient (Wildman–Crippen LogP) is 4.75. The van der Waals surface area contributed by atoms with Crippen LogP contribution in [0.2, 0.25) is 0 Å². The molecule has 4 rings (SSSR count). The van der Waals surface area contributed by atoms with E-state index >= 15 is 0 Å². The molecule has 1 aromatic heterocycles. The Balaban J connectivity index is 1.57. The van der Waals surface area contributed by atoms with Crippen LogP contribution in [0.1, 0.15) is 50.3 Å². The Kier molecular flexibility index (Phi) is 7.00. The van der Waals surface area contributed by atoms with Gasteiger partial charge in [0.25, 0.3) is 0 Å². The van der Waals surface area contributed by atoms with Crippen LogP contribution >= 0.6 is 0 Å². The highest BCUT2D eigenvalue weighted by Gasteiger charge is 2.34. The van der Waals surface area contributed by atoms with Gasteiger partial charge in [0.05, 0.1) is 19.6 Å². The van der Waals surface area contributed by atoms with E-state index in [1.54, 1.807) is 0 Å². The molecule has 0 aliphatic heterocycles. The third-order valence-corrected chi connectivity index (χ3v) is 5.67. The van der Waals surface area contributed by atoms with Crippen LogP contribution < -0.4 is 14.2 Å². The number of hydrogen-bond donors (Lipinski definition) is 1. The van der Waals surface area contributed by atoms with Gasteiger partial charge in [-0.1, -0.05) is 17.3 Å². The molecule has 1 aliphatic carbocycles. The summed E-state index contributed by atoms with van der Waals surface area (Å²) < 4.78 is 33.0. The molecule has 0 unspecified atom stereocenters. The Morgan fingerprint density at radius 1 is 1.21 bits per heavy atom. The van der Waals surface area contributed by atoms with Gasteiger partial charge in [0.1, 0.15) is 29.6 Å². The molecule has 1 heterocycles. The number of aliphatic carboxylic acids is 1. The van der Waals surface area contributed by atoms with Gasteiger partial charge in [-0.25, -0.2) is 4.39 Å². The van der Waals surface area contributed by atoms with Crippen molar-refractivity contribution in [3.8, 4) is 23.1 Å². The largest absolute Gasteiger partial charge is 0.497 e. The van der Waals surface area contributed by atoms with Crippen molar-refractivity contribution in [3.05, 3.63) is 59.5 Å². The van der Waals surface area contributed by atoms with E-state index in [4.69, 9.17) is 14.2 Å². The maximum Gasteiger partial charge on any atom is 0.303 e. The summed E-state index contributed by atoms with van der Waals surface area (Å²) in [5.41, 5.74) is 1.51. The van der Waals surface area contributed by atoms with E-state index in [1.165, 1.54) is 30.0 Å². The molecule has 0 spiro atoms. The molecular formula is C25H28FN3O5. The zero-order chi connectivity index (χ0) is 24.2. The monoisotopic (exact) mass is 469 g/mol. The average molecular weight is 470 g/mol. The molecule has 1 N–H and O–H groups in total. The first kappa shape index (κ1) is 23.5. The molecule has 1 fully saturated rings. The van der Waals surface area contributed by atoms with Gasteiger partial charge in [0.15, 0.2) is 5.69 Å².